The number of ether oxygens (including phenoxy) is 1. The Kier molecular flexibility index (Phi) is 4.66. The Morgan fingerprint density at radius 2 is 2.38 bits per heavy atom. The molecule has 0 aromatic heterocycles. The van der Waals surface area contributed by atoms with Gasteiger partial charge in [0.1, 0.15) is 22.4 Å². The van der Waals surface area contributed by atoms with Gasteiger partial charge in [-0.05, 0) is 32.4 Å². The molecular formula is C14H16ClN3O3. The van der Waals surface area contributed by atoms with Crippen LogP contribution in [-0.2, 0) is 0 Å². The van der Waals surface area contributed by atoms with Gasteiger partial charge in [0, 0.05) is 18.6 Å². The molecule has 7 heteroatoms. The number of nitro benzene ring substituents is 1. The summed E-state index contributed by atoms with van der Waals surface area (Å²) in [7, 11) is 1.77. The lowest BCUT2D eigenvalue weighted by Crippen LogP contribution is -2.48. The van der Waals surface area contributed by atoms with Crippen LogP contribution in [0.2, 0.25) is 5.02 Å². The summed E-state index contributed by atoms with van der Waals surface area (Å²) in [5, 5.41) is 23.1. The van der Waals surface area contributed by atoms with E-state index >= 15 is 0 Å². The van der Waals surface area contributed by atoms with E-state index in [-0.39, 0.29) is 16.8 Å². The Morgan fingerprint density at radius 1 is 1.62 bits per heavy atom. The largest absolute Gasteiger partial charge is 0.490 e. The molecule has 0 saturated heterocycles. The van der Waals surface area contributed by atoms with Crippen LogP contribution in [0.3, 0.4) is 0 Å². The highest BCUT2D eigenvalue weighted by molar-refractivity contribution is 6.32. The number of nitriles is 1. The molecule has 0 bridgehead atoms. The maximum absolute atomic E-state index is 10.7. The number of nitro groups is 1. The molecule has 2 atom stereocenters. The summed E-state index contributed by atoms with van der Waals surface area (Å²) in [5.41, 5.74) is -0.706. The molecule has 1 aromatic rings. The van der Waals surface area contributed by atoms with E-state index in [2.05, 4.69) is 11.4 Å². The van der Waals surface area contributed by atoms with Gasteiger partial charge in [-0.25, -0.2) is 0 Å². The fourth-order valence-electron chi connectivity index (χ4n) is 2.61. The van der Waals surface area contributed by atoms with Gasteiger partial charge in [-0.15, -0.1) is 0 Å². The lowest BCUT2D eigenvalue weighted by atomic mass is 9.81. The summed E-state index contributed by atoms with van der Waals surface area (Å²) in [4.78, 5) is 10.2. The maximum Gasteiger partial charge on any atom is 0.288 e. The molecule has 1 saturated carbocycles. The molecule has 0 radical (unpaired) electrons. The smallest absolute Gasteiger partial charge is 0.288 e. The number of rotatable bonds is 4. The summed E-state index contributed by atoms with van der Waals surface area (Å²) in [6.07, 6.45) is 3.00. The van der Waals surface area contributed by atoms with Gasteiger partial charge in [-0.1, -0.05) is 11.6 Å². The van der Waals surface area contributed by atoms with Gasteiger partial charge in [0.15, 0.2) is 0 Å². The van der Waals surface area contributed by atoms with Gasteiger partial charge in [-0.3, -0.25) is 10.1 Å². The second-order valence-corrected chi connectivity index (χ2v) is 5.56. The van der Waals surface area contributed by atoms with Crippen molar-refractivity contribution in [1.82, 2.24) is 5.32 Å². The van der Waals surface area contributed by atoms with Crippen molar-refractivity contribution < 1.29 is 9.66 Å². The first-order valence-corrected chi connectivity index (χ1v) is 7.08. The summed E-state index contributed by atoms with van der Waals surface area (Å²) in [6, 6.07) is 6.62. The standard InChI is InChI=1S/C14H16ClN3O3/c1-17-14(9-16)6-2-3-11(8-14)21-10-4-5-13(18(19)20)12(15)7-10/h4-5,7,11,17H,2-3,6,8H2,1H3. The number of benzene rings is 1. The minimum atomic E-state index is -0.562. The van der Waals surface area contributed by atoms with Crippen LogP contribution in [0.4, 0.5) is 5.69 Å². The second-order valence-electron chi connectivity index (χ2n) is 5.15. The molecule has 2 rings (SSSR count). The van der Waals surface area contributed by atoms with Crippen molar-refractivity contribution >= 4 is 17.3 Å². The van der Waals surface area contributed by atoms with Crippen LogP contribution in [-0.4, -0.2) is 23.6 Å². The first kappa shape index (κ1) is 15.5. The minimum Gasteiger partial charge on any atom is -0.490 e. The van der Waals surface area contributed by atoms with Gasteiger partial charge in [0.25, 0.3) is 5.69 Å². The van der Waals surface area contributed by atoms with Crippen molar-refractivity contribution in [2.24, 2.45) is 0 Å². The number of nitrogens with one attached hydrogen (secondary N) is 1. The molecule has 1 aliphatic carbocycles. The van der Waals surface area contributed by atoms with Crippen LogP contribution in [0, 0.1) is 21.4 Å². The SMILES string of the molecule is CNC1(C#N)CCCC(Oc2ccc([N+](=O)[O-])c(Cl)c2)C1. The Labute approximate surface area is 127 Å². The normalized spacial score (nSPS) is 25.1. The Balaban J connectivity index is 2.10. The molecule has 1 aromatic carbocycles. The van der Waals surface area contributed by atoms with E-state index in [1.807, 2.05) is 0 Å². The monoisotopic (exact) mass is 309 g/mol. The molecule has 1 aliphatic rings. The highest BCUT2D eigenvalue weighted by Gasteiger charge is 2.36. The summed E-state index contributed by atoms with van der Waals surface area (Å²) >= 11 is 5.87. The average molecular weight is 310 g/mol. The van der Waals surface area contributed by atoms with Crippen LogP contribution in [0.5, 0.6) is 5.75 Å². The van der Waals surface area contributed by atoms with Crippen LogP contribution in [0.25, 0.3) is 0 Å². The van der Waals surface area contributed by atoms with E-state index in [1.54, 1.807) is 7.05 Å². The first-order valence-electron chi connectivity index (χ1n) is 6.70. The fraction of sp³-hybridized carbons (Fsp3) is 0.500. The molecule has 112 valence electrons. The summed E-state index contributed by atoms with van der Waals surface area (Å²) in [5.74, 6) is 0.487. The minimum absolute atomic E-state index is 0.0495. The van der Waals surface area contributed by atoms with Crippen molar-refractivity contribution in [3.8, 4) is 11.8 Å². The Bertz CT molecular complexity index is 587. The van der Waals surface area contributed by atoms with E-state index < -0.39 is 10.5 Å². The number of halogens is 1. The third-order valence-electron chi connectivity index (χ3n) is 3.82. The molecule has 0 aliphatic heterocycles. The van der Waals surface area contributed by atoms with Crippen molar-refractivity contribution in [3.05, 3.63) is 33.3 Å². The predicted molar refractivity (Wildman–Crippen MR) is 78.4 cm³/mol. The zero-order valence-electron chi connectivity index (χ0n) is 11.6. The van der Waals surface area contributed by atoms with Crippen molar-refractivity contribution in [1.29, 1.82) is 5.26 Å². The highest BCUT2D eigenvalue weighted by Crippen LogP contribution is 2.33. The van der Waals surface area contributed by atoms with E-state index in [0.717, 1.165) is 19.3 Å². The van der Waals surface area contributed by atoms with E-state index in [9.17, 15) is 15.4 Å². The number of hydrogen-bond acceptors (Lipinski definition) is 5. The van der Waals surface area contributed by atoms with Crippen molar-refractivity contribution in [3.63, 3.8) is 0 Å². The maximum atomic E-state index is 10.7. The van der Waals surface area contributed by atoms with Crippen LogP contribution >= 0.6 is 11.6 Å². The van der Waals surface area contributed by atoms with Gasteiger partial charge < -0.3 is 10.1 Å². The van der Waals surface area contributed by atoms with Crippen molar-refractivity contribution in [2.45, 2.75) is 37.3 Å². The molecule has 1 fully saturated rings. The van der Waals surface area contributed by atoms with Gasteiger partial charge in [-0.2, -0.15) is 5.26 Å². The molecule has 21 heavy (non-hydrogen) atoms. The second kappa shape index (κ2) is 6.29. The molecule has 1 N–H and O–H groups in total. The van der Waals surface area contributed by atoms with Crippen LogP contribution in [0.1, 0.15) is 25.7 Å². The average Bonchev–Trinajstić information content (AvgIpc) is 2.47. The van der Waals surface area contributed by atoms with Gasteiger partial charge >= 0.3 is 0 Å². The lowest BCUT2D eigenvalue weighted by Gasteiger charge is -2.35. The Hall–Kier alpha value is -1.84. The topological polar surface area (TPSA) is 88.2 Å². The molecule has 0 spiro atoms. The fourth-order valence-corrected chi connectivity index (χ4v) is 2.85. The molecule has 0 amide bonds. The van der Waals surface area contributed by atoms with Crippen LogP contribution < -0.4 is 10.1 Å². The highest BCUT2D eigenvalue weighted by atomic mass is 35.5. The third kappa shape index (κ3) is 3.43. The number of hydrogen-bond donors (Lipinski definition) is 1. The molecule has 6 nitrogen and oxygen atoms in total. The molecular weight excluding hydrogens is 294 g/mol. The first-order chi connectivity index (χ1) is 9.99. The van der Waals surface area contributed by atoms with E-state index in [0.29, 0.717) is 12.2 Å². The number of nitrogens with zero attached hydrogens (tertiary/aromatic N) is 2. The van der Waals surface area contributed by atoms with E-state index in [4.69, 9.17) is 16.3 Å². The third-order valence-corrected chi connectivity index (χ3v) is 4.12. The summed E-state index contributed by atoms with van der Waals surface area (Å²) < 4.78 is 5.83. The Morgan fingerprint density at radius 3 is 2.95 bits per heavy atom. The zero-order chi connectivity index (χ0) is 15.5. The van der Waals surface area contributed by atoms with Crippen molar-refractivity contribution in [2.75, 3.05) is 7.05 Å². The van der Waals surface area contributed by atoms with Gasteiger partial charge in [0.05, 0.1) is 11.0 Å². The van der Waals surface area contributed by atoms with Crippen LogP contribution in [0.15, 0.2) is 18.2 Å². The summed E-state index contributed by atoms with van der Waals surface area (Å²) in [6.45, 7) is 0. The van der Waals surface area contributed by atoms with Gasteiger partial charge in [0.2, 0.25) is 0 Å². The van der Waals surface area contributed by atoms with E-state index in [1.165, 1.54) is 18.2 Å². The molecule has 0 heterocycles. The quantitative estimate of drug-likeness (QED) is 0.682. The zero-order valence-corrected chi connectivity index (χ0v) is 12.4. The lowest BCUT2D eigenvalue weighted by molar-refractivity contribution is -0.384. The molecule has 2 unspecified atom stereocenters. The predicted octanol–water partition coefficient (Wildman–Crippen LogP) is 3.05.